The molecule has 0 bridgehead atoms. The van der Waals surface area contributed by atoms with Crippen LogP contribution in [0.4, 0.5) is 22.9 Å². The lowest BCUT2D eigenvalue weighted by Gasteiger charge is -2.37. The number of nitrogens with zero attached hydrogens (tertiary/aromatic N) is 5. The summed E-state index contributed by atoms with van der Waals surface area (Å²) in [6.45, 7) is 6.14. The second-order valence-corrected chi connectivity index (χ2v) is 8.13. The van der Waals surface area contributed by atoms with Gasteiger partial charge < -0.3 is 20.4 Å². The SMILES string of the molecule is CCCCn1c(N)c(N(CC)CC(=O)N2CCN(c3ccccc3[N+](=O)[O-])CC2)c(=O)[nH]c1=O. The Kier molecular flexibility index (Phi) is 7.92. The number of likely N-dealkylation sites (N-methyl/N-ethyl adjacent to an activating group) is 1. The van der Waals surface area contributed by atoms with Gasteiger partial charge >= 0.3 is 5.69 Å². The van der Waals surface area contributed by atoms with Gasteiger partial charge in [-0.25, -0.2) is 4.79 Å². The minimum atomic E-state index is -0.619. The minimum absolute atomic E-state index is 0.0346. The summed E-state index contributed by atoms with van der Waals surface area (Å²) in [4.78, 5) is 56.2. The van der Waals surface area contributed by atoms with Crippen molar-refractivity contribution in [2.45, 2.75) is 33.2 Å². The van der Waals surface area contributed by atoms with Crippen molar-refractivity contribution in [2.75, 3.05) is 54.8 Å². The standard InChI is InChI=1S/C22H31N7O5/c1-3-5-10-28-20(23)19(21(31)24-22(28)32)25(4-2)15-18(30)27-13-11-26(12-14-27)16-8-6-7-9-17(16)29(33)34/h6-9H,3-5,10-15,23H2,1-2H3,(H,24,31,32). The zero-order valence-electron chi connectivity index (χ0n) is 19.5. The summed E-state index contributed by atoms with van der Waals surface area (Å²) in [5, 5.41) is 11.3. The lowest BCUT2D eigenvalue weighted by molar-refractivity contribution is -0.384. The number of nitrogen functional groups attached to an aromatic ring is 1. The number of nitro groups is 1. The zero-order chi connectivity index (χ0) is 24.8. The van der Waals surface area contributed by atoms with E-state index in [-0.39, 0.29) is 29.6 Å². The molecule has 1 aromatic heterocycles. The molecule has 1 aromatic carbocycles. The molecule has 12 heteroatoms. The normalized spacial score (nSPS) is 13.7. The number of benzene rings is 1. The van der Waals surface area contributed by atoms with Gasteiger partial charge in [-0.2, -0.15) is 0 Å². The van der Waals surface area contributed by atoms with Crippen LogP contribution in [0.25, 0.3) is 0 Å². The van der Waals surface area contributed by atoms with Gasteiger partial charge in [0.25, 0.3) is 11.2 Å². The molecule has 2 heterocycles. The number of hydrogen-bond acceptors (Lipinski definition) is 8. The van der Waals surface area contributed by atoms with Gasteiger partial charge in [0, 0.05) is 45.3 Å². The number of amides is 1. The first-order chi connectivity index (χ1) is 16.3. The summed E-state index contributed by atoms with van der Waals surface area (Å²) >= 11 is 0. The molecule has 0 atom stereocenters. The highest BCUT2D eigenvalue weighted by Crippen LogP contribution is 2.28. The molecule has 1 aliphatic heterocycles. The number of aromatic nitrogens is 2. The van der Waals surface area contributed by atoms with Crippen molar-refractivity contribution >= 4 is 28.8 Å². The Hall–Kier alpha value is -3.83. The van der Waals surface area contributed by atoms with E-state index in [1.54, 1.807) is 34.9 Å². The second kappa shape index (κ2) is 10.9. The quantitative estimate of drug-likeness (QED) is 0.404. The minimum Gasteiger partial charge on any atom is -0.383 e. The van der Waals surface area contributed by atoms with Gasteiger partial charge in [-0.05, 0) is 19.4 Å². The fraction of sp³-hybridized carbons (Fsp3) is 0.500. The molecule has 184 valence electrons. The molecule has 3 N–H and O–H groups in total. The Morgan fingerprint density at radius 3 is 2.47 bits per heavy atom. The van der Waals surface area contributed by atoms with Gasteiger partial charge in [0.15, 0.2) is 0 Å². The maximum absolute atomic E-state index is 13.0. The molecular weight excluding hydrogens is 442 g/mol. The summed E-state index contributed by atoms with van der Waals surface area (Å²) in [5.41, 5.74) is 5.69. The highest BCUT2D eigenvalue weighted by atomic mass is 16.6. The predicted molar refractivity (Wildman–Crippen MR) is 130 cm³/mol. The molecule has 2 aromatic rings. The molecule has 1 amide bonds. The van der Waals surface area contributed by atoms with Gasteiger partial charge in [0.2, 0.25) is 5.91 Å². The van der Waals surface area contributed by atoms with Crippen molar-refractivity contribution < 1.29 is 9.72 Å². The molecule has 1 aliphatic rings. The van der Waals surface area contributed by atoms with Crippen LogP contribution in [0.2, 0.25) is 0 Å². The summed E-state index contributed by atoms with van der Waals surface area (Å²) < 4.78 is 1.33. The average molecular weight is 474 g/mol. The second-order valence-electron chi connectivity index (χ2n) is 8.13. The number of nitro benzene ring substituents is 1. The van der Waals surface area contributed by atoms with E-state index in [4.69, 9.17) is 5.73 Å². The number of rotatable bonds is 9. The first kappa shape index (κ1) is 24.8. The van der Waals surface area contributed by atoms with E-state index in [2.05, 4.69) is 4.98 Å². The maximum atomic E-state index is 13.0. The third-order valence-corrected chi connectivity index (χ3v) is 6.02. The summed E-state index contributed by atoms with van der Waals surface area (Å²) in [6.07, 6.45) is 1.58. The first-order valence-corrected chi connectivity index (χ1v) is 11.4. The van der Waals surface area contributed by atoms with Crippen molar-refractivity contribution in [2.24, 2.45) is 0 Å². The van der Waals surface area contributed by atoms with Crippen molar-refractivity contribution in [1.29, 1.82) is 0 Å². The third-order valence-electron chi connectivity index (χ3n) is 6.02. The number of piperazine rings is 1. The number of hydrogen-bond donors (Lipinski definition) is 2. The smallest absolute Gasteiger partial charge is 0.330 e. The molecule has 1 saturated heterocycles. The van der Waals surface area contributed by atoms with E-state index in [9.17, 15) is 24.5 Å². The van der Waals surface area contributed by atoms with E-state index in [0.717, 1.165) is 12.8 Å². The van der Waals surface area contributed by atoms with Crippen LogP contribution in [-0.4, -0.2) is 64.6 Å². The predicted octanol–water partition coefficient (Wildman–Crippen LogP) is 1.00. The van der Waals surface area contributed by atoms with Gasteiger partial charge in [0.1, 0.15) is 17.2 Å². The Morgan fingerprint density at radius 1 is 1.18 bits per heavy atom. The number of nitrogens with two attached hydrogens (primary N) is 1. The molecule has 0 aliphatic carbocycles. The Balaban J connectivity index is 1.72. The molecule has 0 radical (unpaired) electrons. The largest absolute Gasteiger partial charge is 0.383 e. The van der Waals surface area contributed by atoms with Crippen LogP contribution in [0.5, 0.6) is 0 Å². The Labute approximate surface area is 196 Å². The molecule has 0 spiro atoms. The van der Waals surface area contributed by atoms with Crippen LogP contribution in [0.1, 0.15) is 26.7 Å². The van der Waals surface area contributed by atoms with Crippen molar-refractivity contribution in [3.63, 3.8) is 0 Å². The molecule has 34 heavy (non-hydrogen) atoms. The van der Waals surface area contributed by atoms with Gasteiger partial charge in [-0.3, -0.25) is 29.3 Å². The molecule has 12 nitrogen and oxygen atoms in total. The van der Waals surface area contributed by atoms with Crippen LogP contribution >= 0.6 is 0 Å². The molecule has 0 saturated carbocycles. The van der Waals surface area contributed by atoms with Crippen molar-refractivity contribution in [3.05, 3.63) is 55.2 Å². The van der Waals surface area contributed by atoms with Crippen LogP contribution in [0.3, 0.4) is 0 Å². The lowest BCUT2D eigenvalue weighted by atomic mass is 10.2. The topological polar surface area (TPSA) is 151 Å². The first-order valence-electron chi connectivity index (χ1n) is 11.4. The zero-order valence-corrected chi connectivity index (χ0v) is 19.5. The van der Waals surface area contributed by atoms with E-state index in [0.29, 0.717) is 45.0 Å². The van der Waals surface area contributed by atoms with Gasteiger partial charge in [-0.15, -0.1) is 0 Å². The highest BCUT2D eigenvalue weighted by molar-refractivity contribution is 5.83. The van der Waals surface area contributed by atoms with Crippen molar-refractivity contribution in [3.8, 4) is 0 Å². The Bertz CT molecular complexity index is 1150. The molecule has 0 unspecified atom stereocenters. The van der Waals surface area contributed by atoms with E-state index in [1.807, 2.05) is 11.8 Å². The van der Waals surface area contributed by atoms with Crippen LogP contribution in [0, 0.1) is 10.1 Å². The number of anilines is 3. The van der Waals surface area contributed by atoms with Gasteiger partial charge in [0.05, 0.1) is 11.5 Å². The fourth-order valence-electron chi connectivity index (χ4n) is 4.12. The number of H-pyrrole nitrogens is 1. The van der Waals surface area contributed by atoms with Crippen LogP contribution < -0.4 is 26.8 Å². The molecule has 1 fully saturated rings. The number of para-hydroxylation sites is 2. The average Bonchev–Trinajstić information content (AvgIpc) is 2.83. The third kappa shape index (κ3) is 5.21. The van der Waals surface area contributed by atoms with Gasteiger partial charge in [-0.1, -0.05) is 25.5 Å². The van der Waals surface area contributed by atoms with E-state index in [1.165, 1.54) is 10.6 Å². The van der Waals surface area contributed by atoms with E-state index >= 15 is 0 Å². The number of aromatic amines is 1. The van der Waals surface area contributed by atoms with Crippen LogP contribution in [0.15, 0.2) is 33.9 Å². The highest BCUT2D eigenvalue weighted by Gasteiger charge is 2.27. The number of unbranched alkanes of at least 4 members (excludes halogenated alkanes) is 1. The number of nitrogens with one attached hydrogen (secondary N) is 1. The van der Waals surface area contributed by atoms with Crippen molar-refractivity contribution in [1.82, 2.24) is 14.5 Å². The monoisotopic (exact) mass is 473 g/mol. The number of carbonyl (C=O) groups is 1. The molecule has 3 rings (SSSR count). The number of carbonyl (C=O) groups excluding carboxylic acids is 1. The summed E-state index contributed by atoms with van der Waals surface area (Å²) in [7, 11) is 0. The summed E-state index contributed by atoms with van der Waals surface area (Å²) in [5.74, 6) is -0.132. The van der Waals surface area contributed by atoms with E-state index < -0.39 is 16.2 Å². The Morgan fingerprint density at radius 2 is 1.85 bits per heavy atom. The maximum Gasteiger partial charge on any atom is 0.330 e. The summed E-state index contributed by atoms with van der Waals surface area (Å²) in [6, 6.07) is 6.55. The lowest BCUT2D eigenvalue weighted by Crippen LogP contribution is -2.52. The van der Waals surface area contributed by atoms with Crippen LogP contribution in [-0.2, 0) is 11.3 Å². The fourth-order valence-corrected chi connectivity index (χ4v) is 4.12. The molecular formula is C22H31N7O5.